The third kappa shape index (κ3) is 7.20. The number of hydrogen-bond acceptors (Lipinski definition) is 4. The van der Waals surface area contributed by atoms with Gasteiger partial charge in [-0.25, -0.2) is 4.98 Å². The van der Waals surface area contributed by atoms with Gasteiger partial charge >= 0.3 is 0 Å². The Balaban J connectivity index is 0.00000338. The molecule has 2 rings (SSSR count). The van der Waals surface area contributed by atoms with Gasteiger partial charge in [0.2, 0.25) is 0 Å². The van der Waals surface area contributed by atoms with Gasteiger partial charge in [-0.3, -0.25) is 4.99 Å². The second-order valence-corrected chi connectivity index (χ2v) is 7.51. The molecule has 0 saturated heterocycles. The van der Waals surface area contributed by atoms with Crippen molar-refractivity contribution in [2.45, 2.75) is 25.9 Å². The zero-order valence-electron chi connectivity index (χ0n) is 16.3. The molecule has 0 amide bonds. The molecule has 7 heteroatoms. The van der Waals surface area contributed by atoms with E-state index in [0.29, 0.717) is 6.04 Å². The summed E-state index contributed by atoms with van der Waals surface area (Å²) >= 11 is 1.68. The summed E-state index contributed by atoms with van der Waals surface area (Å²) in [5, 5.41) is 6.72. The molecule has 2 aromatic rings. The predicted octanol–water partition coefficient (Wildman–Crippen LogP) is 3.25. The molecule has 0 fully saturated rings. The highest BCUT2D eigenvalue weighted by atomic mass is 127. The first-order chi connectivity index (χ1) is 12.0. The van der Waals surface area contributed by atoms with Gasteiger partial charge in [-0.2, -0.15) is 0 Å². The molecule has 1 aromatic carbocycles. The van der Waals surface area contributed by atoms with Crippen molar-refractivity contribution in [1.82, 2.24) is 20.1 Å². The largest absolute Gasteiger partial charge is 0.355 e. The summed E-state index contributed by atoms with van der Waals surface area (Å²) < 4.78 is 0. The van der Waals surface area contributed by atoms with Gasteiger partial charge in [-0.15, -0.1) is 35.3 Å². The van der Waals surface area contributed by atoms with E-state index in [-0.39, 0.29) is 24.0 Å². The molecule has 1 aromatic heterocycles. The standard InChI is InChI=1S/C19H29N5S.HI/c1-15-22-17(14-25-15)13-24(5)19(20-2)21-12-18(23(3)4)11-16-9-7-6-8-10-16;/h6-10,14,18H,11-13H2,1-5H3,(H,20,21);1H. The molecule has 0 spiro atoms. The SMILES string of the molecule is CN=C(NCC(Cc1ccccc1)N(C)C)N(C)Cc1csc(C)n1.I. The zero-order chi connectivity index (χ0) is 18.2. The number of hydrogen-bond donors (Lipinski definition) is 1. The molecule has 0 aliphatic heterocycles. The molecule has 1 heterocycles. The van der Waals surface area contributed by atoms with Gasteiger partial charge in [0.1, 0.15) is 0 Å². The first-order valence-electron chi connectivity index (χ1n) is 8.52. The Bertz CT molecular complexity index is 672. The van der Waals surface area contributed by atoms with Gasteiger partial charge in [0.25, 0.3) is 0 Å². The fourth-order valence-corrected chi connectivity index (χ4v) is 3.32. The Labute approximate surface area is 178 Å². The molecule has 0 aliphatic carbocycles. The number of aromatic nitrogens is 1. The Kier molecular flexibility index (Phi) is 10.1. The minimum atomic E-state index is 0. The predicted molar refractivity (Wildman–Crippen MR) is 123 cm³/mol. The zero-order valence-corrected chi connectivity index (χ0v) is 19.4. The fraction of sp³-hybridized carbons (Fsp3) is 0.474. The first-order valence-corrected chi connectivity index (χ1v) is 9.40. The molecular formula is C19H30IN5S. The lowest BCUT2D eigenvalue weighted by molar-refractivity contribution is 0.287. The number of nitrogens with zero attached hydrogens (tertiary/aromatic N) is 4. The van der Waals surface area contributed by atoms with E-state index in [1.807, 2.05) is 21.0 Å². The monoisotopic (exact) mass is 487 g/mol. The number of guanidine groups is 1. The number of nitrogens with one attached hydrogen (secondary N) is 1. The number of thiazole rings is 1. The van der Waals surface area contributed by atoms with Crippen LogP contribution >= 0.6 is 35.3 Å². The van der Waals surface area contributed by atoms with Crippen molar-refractivity contribution in [3.05, 3.63) is 52.0 Å². The van der Waals surface area contributed by atoms with Gasteiger partial charge in [-0.1, -0.05) is 30.3 Å². The Hall–Kier alpha value is -1.19. The maximum Gasteiger partial charge on any atom is 0.193 e. The smallest absolute Gasteiger partial charge is 0.193 e. The van der Waals surface area contributed by atoms with E-state index in [1.165, 1.54) is 5.56 Å². The summed E-state index contributed by atoms with van der Waals surface area (Å²) in [5.41, 5.74) is 2.44. The molecule has 1 unspecified atom stereocenters. The lowest BCUT2D eigenvalue weighted by atomic mass is 10.1. The molecule has 0 saturated carbocycles. The summed E-state index contributed by atoms with van der Waals surface area (Å²) in [5.74, 6) is 0.894. The maximum atomic E-state index is 4.53. The van der Waals surface area contributed by atoms with E-state index in [1.54, 1.807) is 11.3 Å². The van der Waals surface area contributed by atoms with Crippen LogP contribution < -0.4 is 5.32 Å². The normalized spacial score (nSPS) is 12.6. The second kappa shape index (κ2) is 11.5. The molecule has 144 valence electrons. The van der Waals surface area contributed by atoms with Gasteiger partial charge in [0.05, 0.1) is 17.2 Å². The Morgan fingerprint density at radius 2 is 1.92 bits per heavy atom. The molecule has 1 atom stereocenters. The van der Waals surface area contributed by atoms with Crippen molar-refractivity contribution >= 4 is 41.3 Å². The maximum absolute atomic E-state index is 4.53. The number of aliphatic imine (C=N–C) groups is 1. The molecule has 26 heavy (non-hydrogen) atoms. The van der Waals surface area contributed by atoms with Crippen LogP contribution in [-0.2, 0) is 13.0 Å². The first kappa shape index (κ1) is 22.9. The molecule has 0 bridgehead atoms. The Morgan fingerprint density at radius 1 is 1.23 bits per heavy atom. The minimum absolute atomic E-state index is 0. The average Bonchev–Trinajstić information content (AvgIpc) is 3.00. The fourth-order valence-electron chi connectivity index (χ4n) is 2.72. The van der Waals surface area contributed by atoms with E-state index in [9.17, 15) is 0 Å². The van der Waals surface area contributed by atoms with Crippen LogP contribution in [0.4, 0.5) is 0 Å². The number of halogens is 1. The minimum Gasteiger partial charge on any atom is -0.355 e. The van der Waals surface area contributed by atoms with Crippen LogP contribution in [-0.4, -0.2) is 61.5 Å². The highest BCUT2D eigenvalue weighted by Crippen LogP contribution is 2.10. The number of rotatable bonds is 7. The number of benzene rings is 1. The second-order valence-electron chi connectivity index (χ2n) is 6.45. The van der Waals surface area contributed by atoms with Crippen LogP contribution in [0, 0.1) is 6.92 Å². The van der Waals surface area contributed by atoms with Gasteiger partial charge in [0, 0.05) is 32.1 Å². The molecular weight excluding hydrogens is 457 g/mol. The third-order valence-electron chi connectivity index (χ3n) is 4.18. The van der Waals surface area contributed by atoms with Gasteiger partial charge in [0.15, 0.2) is 5.96 Å². The van der Waals surface area contributed by atoms with Crippen molar-refractivity contribution in [2.24, 2.45) is 4.99 Å². The van der Waals surface area contributed by atoms with E-state index in [2.05, 4.69) is 74.9 Å². The van der Waals surface area contributed by atoms with Crippen molar-refractivity contribution in [3.63, 3.8) is 0 Å². The average molecular weight is 487 g/mol. The summed E-state index contributed by atoms with van der Waals surface area (Å²) in [6.45, 7) is 3.64. The van der Waals surface area contributed by atoms with E-state index >= 15 is 0 Å². The Morgan fingerprint density at radius 3 is 2.46 bits per heavy atom. The lowest BCUT2D eigenvalue weighted by Crippen LogP contribution is -2.46. The number of likely N-dealkylation sites (N-methyl/N-ethyl adjacent to an activating group) is 1. The highest BCUT2D eigenvalue weighted by molar-refractivity contribution is 14.0. The third-order valence-corrected chi connectivity index (χ3v) is 5.00. The van der Waals surface area contributed by atoms with Crippen LogP contribution in [0.15, 0.2) is 40.7 Å². The summed E-state index contributed by atoms with van der Waals surface area (Å²) in [6, 6.07) is 11.0. The van der Waals surface area contributed by atoms with Crippen molar-refractivity contribution in [2.75, 3.05) is 34.7 Å². The van der Waals surface area contributed by atoms with Crippen LogP contribution in [0.25, 0.3) is 0 Å². The topological polar surface area (TPSA) is 43.8 Å². The van der Waals surface area contributed by atoms with Gasteiger partial charge in [-0.05, 0) is 33.0 Å². The summed E-state index contributed by atoms with van der Waals surface area (Å²) in [7, 11) is 8.12. The molecule has 5 nitrogen and oxygen atoms in total. The molecule has 1 N–H and O–H groups in total. The van der Waals surface area contributed by atoms with Crippen LogP contribution in [0.3, 0.4) is 0 Å². The summed E-state index contributed by atoms with van der Waals surface area (Å²) in [6.07, 6.45) is 1.01. The summed E-state index contributed by atoms with van der Waals surface area (Å²) in [4.78, 5) is 13.3. The van der Waals surface area contributed by atoms with E-state index in [0.717, 1.165) is 36.2 Å². The number of aryl methyl sites for hydroxylation is 1. The highest BCUT2D eigenvalue weighted by Gasteiger charge is 2.15. The molecule has 0 aliphatic rings. The van der Waals surface area contributed by atoms with Crippen molar-refractivity contribution in [3.8, 4) is 0 Å². The van der Waals surface area contributed by atoms with E-state index < -0.39 is 0 Å². The molecule has 0 radical (unpaired) electrons. The van der Waals surface area contributed by atoms with Crippen LogP contribution in [0.2, 0.25) is 0 Å². The quantitative estimate of drug-likeness (QED) is 0.370. The van der Waals surface area contributed by atoms with Crippen molar-refractivity contribution < 1.29 is 0 Å². The van der Waals surface area contributed by atoms with Crippen LogP contribution in [0.1, 0.15) is 16.3 Å². The van der Waals surface area contributed by atoms with Crippen molar-refractivity contribution in [1.29, 1.82) is 0 Å². The van der Waals surface area contributed by atoms with E-state index in [4.69, 9.17) is 0 Å². The lowest BCUT2D eigenvalue weighted by Gasteiger charge is -2.28. The van der Waals surface area contributed by atoms with Gasteiger partial charge < -0.3 is 15.1 Å². The van der Waals surface area contributed by atoms with Crippen LogP contribution in [0.5, 0.6) is 0 Å².